The zero-order chi connectivity index (χ0) is 16.8. The number of benzene rings is 2. The van der Waals surface area contributed by atoms with E-state index in [1.165, 1.54) is 12.1 Å². The summed E-state index contributed by atoms with van der Waals surface area (Å²) in [7, 11) is 4.69. The van der Waals surface area contributed by atoms with Gasteiger partial charge in [-0.05, 0) is 30.2 Å². The van der Waals surface area contributed by atoms with Crippen molar-refractivity contribution in [3.63, 3.8) is 0 Å². The first-order valence-corrected chi connectivity index (χ1v) is 7.20. The number of Topliss-reactive ketones (excluding diaryl/α,β-unsaturated/α-hetero) is 1. The fourth-order valence-electron chi connectivity index (χ4n) is 2.36. The van der Waals surface area contributed by atoms with E-state index >= 15 is 0 Å². The molecule has 122 valence electrons. The zero-order valence-corrected chi connectivity index (χ0v) is 13.5. The Morgan fingerprint density at radius 1 is 0.957 bits per heavy atom. The molecule has 0 aliphatic heterocycles. The van der Waals surface area contributed by atoms with Crippen molar-refractivity contribution in [2.75, 3.05) is 21.3 Å². The molecule has 23 heavy (non-hydrogen) atoms. The molecule has 0 fully saturated rings. The van der Waals surface area contributed by atoms with Crippen molar-refractivity contribution in [2.45, 2.75) is 12.8 Å². The zero-order valence-electron chi connectivity index (χ0n) is 13.5. The van der Waals surface area contributed by atoms with E-state index in [-0.39, 0.29) is 11.5 Å². The summed E-state index contributed by atoms with van der Waals surface area (Å²) in [6.45, 7) is 0. The molecule has 2 rings (SSSR count). The number of carbonyl (C=O) groups is 1. The van der Waals surface area contributed by atoms with Crippen molar-refractivity contribution in [1.82, 2.24) is 0 Å². The van der Waals surface area contributed by atoms with Gasteiger partial charge in [-0.15, -0.1) is 0 Å². The third-order valence-corrected chi connectivity index (χ3v) is 3.58. The minimum Gasteiger partial charge on any atom is -0.508 e. The van der Waals surface area contributed by atoms with Crippen LogP contribution in [0, 0.1) is 0 Å². The van der Waals surface area contributed by atoms with Gasteiger partial charge < -0.3 is 19.3 Å². The summed E-state index contributed by atoms with van der Waals surface area (Å²) in [4.78, 5) is 12.2. The van der Waals surface area contributed by atoms with E-state index in [2.05, 4.69) is 0 Å². The van der Waals surface area contributed by atoms with Crippen molar-refractivity contribution in [3.05, 3.63) is 47.5 Å². The van der Waals surface area contributed by atoms with Gasteiger partial charge in [0.25, 0.3) is 0 Å². The van der Waals surface area contributed by atoms with Gasteiger partial charge >= 0.3 is 0 Å². The summed E-state index contributed by atoms with van der Waals surface area (Å²) in [5, 5.41) is 9.45. The molecule has 5 heteroatoms. The Labute approximate surface area is 135 Å². The van der Waals surface area contributed by atoms with Gasteiger partial charge in [0.2, 0.25) is 0 Å². The lowest BCUT2D eigenvalue weighted by atomic mass is 10.0. The van der Waals surface area contributed by atoms with Gasteiger partial charge in [0.1, 0.15) is 11.5 Å². The second-order valence-corrected chi connectivity index (χ2v) is 4.99. The highest BCUT2D eigenvalue weighted by atomic mass is 16.5. The van der Waals surface area contributed by atoms with E-state index in [0.717, 1.165) is 5.56 Å². The highest BCUT2D eigenvalue weighted by Crippen LogP contribution is 2.35. The predicted octanol–water partition coefficient (Wildman–Crippen LogP) is 3.23. The van der Waals surface area contributed by atoms with Crippen LogP contribution in [0.15, 0.2) is 36.4 Å². The SMILES string of the molecule is COc1cc(OC)c(OC)cc1CCC(=O)c1cccc(O)c1. The summed E-state index contributed by atoms with van der Waals surface area (Å²) in [5.74, 6) is 1.85. The molecule has 2 aromatic carbocycles. The van der Waals surface area contributed by atoms with Crippen molar-refractivity contribution in [2.24, 2.45) is 0 Å². The Kier molecular flexibility index (Phi) is 5.46. The molecular weight excluding hydrogens is 296 g/mol. The van der Waals surface area contributed by atoms with Gasteiger partial charge in [0.15, 0.2) is 17.3 Å². The highest BCUT2D eigenvalue weighted by molar-refractivity contribution is 5.96. The Morgan fingerprint density at radius 3 is 2.22 bits per heavy atom. The molecule has 0 spiro atoms. The largest absolute Gasteiger partial charge is 0.508 e. The van der Waals surface area contributed by atoms with Crippen LogP contribution in [0.2, 0.25) is 0 Å². The average molecular weight is 316 g/mol. The maximum atomic E-state index is 12.2. The van der Waals surface area contributed by atoms with Crippen LogP contribution in [0.1, 0.15) is 22.3 Å². The minimum atomic E-state index is -0.0438. The lowest BCUT2D eigenvalue weighted by Gasteiger charge is -2.14. The maximum Gasteiger partial charge on any atom is 0.164 e. The highest BCUT2D eigenvalue weighted by Gasteiger charge is 2.14. The molecule has 1 N–H and O–H groups in total. The average Bonchev–Trinajstić information content (AvgIpc) is 2.58. The molecule has 0 heterocycles. The first-order chi connectivity index (χ1) is 11.1. The Hall–Kier alpha value is -2.69. The van der Waals surface area contributed by atoms with Crippen LogP contribution in [0.4, 0.5) is 0 Å². The van der Waals surface area contributed by atoms with Crippen molar-refractivity contribution >= 4 is 5.78 Å². The normalized spacial score (nSPS) is 10.2. The number of ether oxygens (including phenoxy) is 3. The molecule has 0 saturated heterocycles. The molecule has 0 aliphatic carbocycles. The summed E-state index contributed by atoms with van der Waals surface area (Å²) in [6, 6.07) is 9.90. The smallest absolute Gasteiger partial charge is 0.164 e. The molecule has 2 aromatic rings. The molecule has 0 saturated carbocycles. The lowest BCUT2D eigenvalue weighted by Crippen LogP contribution is -2.03. The van der Waals surface area contributed by atoms with Crippen LogP contribution in [-0.4, -0.2) is 32.2 Å². The van der Waals surface area contributed by atoms with Crippen LogP contribution in [0.5, 0.6) is 23.0 Å². The maximum absolute atomic E-state index is 12.2. The van der Waals surface area contributed by atoms with Gasteiger partial charge in [-0.25, -0.2) is 0 Å². The number of phenolic OH excluding ortho intramolecular Hbond substituents is 1. The van der Waals surface area contributed by atoms with E-state index in [1.807, 2.05) is 6.07 Å². The lowest BCUT2D eigenvalue weighted by molar-refractivity contribution is 0.0982. The number of methoxy groups -OCH3 is 3. The van der Waals surface area contributed by atoms with E-state index in [0.29, 0.717) is 35.7 Å². The summed E-state index contributed by atoms with van der Waals surface area (Å²) in [5.41, 5.74) is 1.35. The molecule has 0 radical (unpaired) electrons. The summed E-state index contributed by atoms with van der Waals surface area (Å²) >= 11 is 0. The Bertz CT molecular complexity index is 694. The monoisotopic (exact) mass is 316 g/mol. The molecule has 0 amide bonds. The number of aryl methyl sites for hydroxylation is 1. The van der Waals surface area contributed by atoms with Crippen LogP contribution >= 0.6 is 0 Å². The number of phenols is 1. The minimum absolute atomic E-state index is 0.0438. The number of ketones is 1. The number of rotatable bonds is 7. The van der Waals surface area contributed by atoms with Gasteiger partial charge in [0, 0.05) is 18.1 Å². The van der Waals surface area contributed by atoms with Crippen LogP contribution in [0.25, 0.3) is 0 Å². The van der Waals surface area contributed by atoms with Crippen molar-refractivity contribution in [3.8, 4) is 23.0 Å². The van der Waals surface area contributed by atoms with E-state index < -0.39 is 0 Å². The van der Waals surface area contributed by atoms with Gasteiger partial charge in [-0.2, -0.15) is 0 Å². The van der Waals surface area contributed by atoms with Crippen molar-refractivity contribution in [1.29, 1.82) is 0 Å². The summed E-state index contributed by atoms with van der Waals surface area (Å²) in [6.07, 6.45) is 0.799. The standard InChI is InChI=1S/C18H20O5/c1-21-16-11-18(23-3)17(22-2)10-13(16)7-8-15(20)12-5-4-6-14(19)9-12/h4-6,9-11,19H,7-8H2,1-3H3. The van der Waals surface area contributed by atoms with Gasteiger partial charge in [-0.1, -0.05) is 12.1 Å². The van der Waals surface area contributed by atoms with Crippen molar-refractivity contribution < 1.29 is 24.1 Å². The third kappa shape index (κ3) is 3.94. The molecule has 0 atom stereocenters. The Balaban J connectivity index is 2.17. The second-order valence-electron chi connectivity index (χ2n) is 4.99. The fraction of sp³-hybridized carbons (Fsp3) is 0.278. The number of carbonyl (C=O) groups excluding carboxylic acids is 1. The quantitative estimate of drug-likeness (QED) is 0.794. The molecule has 0 aliphatic rings. The number of hydrogen-bond acceptors (Lipinski definition) is 5. The molecule has 0 unspecified atom stereocenters. The topological polar surface area (TPSA) is 65.0 Å². The van der Waals surface area contributed by atoms with Crippen LogP contribution < -0.4 is 14.2 Å². The second kappa shape index (κ2) is 7.54. The van der Waals surface area contributed by atoms with Crippen LogP contribution in [0.3, 0.4) is 0 Å². The first kappa shape index (κ1) is 16.7. The number of aromatic hydroxyl groups is 1. The first-order valence-electron chi connectivity index (χ1n) is 7.20. The molecule has 0 bridgehead atoms. The third-order valence-electron chi connectivity index (χ3n) is 3.58. The predicted molar refractivity (Wildman–Crippen MR) is 86.9 cm³/mol. The van der Waals surface area contributed by atoms with E-state index in [1.54, 1.807) is 39.5 Å². The van der Waals surface area contributed by atoms with E-state index in [4.69, 9.17) is 14.2 Å². The van der Waals surface area contributed by atoms with Crippen LogP contribution in [-0.2, 0) is 6.42 Å². The van der Waals surface area contributed by atoms with E-state index in [9.17, 15) is 9.90 Å². The number of hydrogen-bond donors (Lipinski definition) is 1. The van der Waals surface area contributed by atoms with Gasteiger partial charge in [-0.3, -0.25) is 4.79 Å². The Morgan fingerprint density at radius 2 is 1.61 bits per heavy atom. The molecule has 5 nitrogen and oxygen atoms in total. The molecule has 0 aromatic heterocycles. The fourth-order valence-corrected chi connectivity index (χ4v) is 2.36. The summed E-state index contributed by atoms with van der Waals surface area (Å²) < 4.78 is 15.9. The molecular formula is C18H20O5. The van der Waals surface area contributed by atoms with Gasteiger partial charge in [0.05, 0.1) is 21.3 Å².